The van der Waals surface area contributed by atoms with Crippen LogP contribution in [0.1, 0.15) is 23.7 Å². The molecule has 4 nitrogen and oxygen atoms in total. The number of carbonyl (C=O) groups excluding carboxylic acids is 2. The predicted molar refractivity (Wildman–Crippen MR) is 68.5 cm³/mol. The standard InChI is InChI=1S/C14H14FNO3/c1-3-6-16-8-11(13(17)14(18)19-2)10-7-9(15)4-5-12(10)16/h4-5,7-8H,3,6H2,1-2H3. The first kappa shape index (κ1) is 13.3. The number of nitrogens with zero attached hydrogens (tertiary/aromatic N) is 1. The minimum atomic E-state index is -0.945. The number of aryl methyl sites for hydroxylation is 1. The second-order valence-corrected chi connectivity index (χ2v) is 4.22. The Hall–Kier alpha value is -2.17. The summed E-state index contributed by atoms with van der Waals surface area (Å²) in [7, 11) is 1.14. The number of esters is 1. The van der Waals surface area contributed by atoms with Gasteiger partial charge in [-0.3, -0.25) is 4.79 Å². The minimum absolute atomic E-state index is 0.176. The number of hydrogen-bond acceptors (Lipinski definition) is 3. The maximum Gasteiger partial charge on any atom is 0.379 e. The quantitative estimate of drug-likeness (QED) is 0.484. The SMILES string of the molecule is CCCn1cc(C(=O)C(=O)OC)c2cc(F)ccc21. The first-order chi connectivity index (χ1) is 9.08. The van der Waals surface area contributed by atoms with Crippen molar-refractivity contribution in [2.24, 2.45) is 0 Å². The van der Waals surface area contributed by atoms with Gasteiger partial charge in [-0.05, 0) is 24.6 Å². The number of Topliss-reactive ketones (excluding diaryl/α,β-unsaturated/α-hetero) is 1. The lowest BCUT2D eigenvalue weighted by Crippen LogP contribution is -2.15. The fourth-order valence-corrected chi connectivity index (χ4v) is 2.08. The Balaban J connectivity index is 2.63. The summed E-state index contributed by atoms with van der Waals surface area (Å²) in [5, 5.41) is 0.434. The summed E-state index contributed by atoms with van der Waals surface area (Å²) in [6.45, 7) is 2.69. The highest BCUT2D eigenvalue weighted by Gasteiger charge is 2.22. The van der Waals surface area contributed by atoms with E-state index in [1.165, 1.54) is 12.1 Å². The molecular formula is C14H14FNO3. The van der Waals surface area contributed by atoms with Crippen molar-refractivity contribution in [3.8, 4) is 0 Å². The van der Waals surface area contributed by atoms with E-state index in [0.717, 1.165) is 19.0 Å². The molecule has 0 aliphatic heterocycles. The Morgan fingerprint density at radius 3 is 2.74 bits per heavy atom. The number of methoxy groups -OCH3 is 1. The molecule has 1 heterocycles. The minimum Gasteiger partial charge on any atom is -0.463 e. The lowest BCUT2D eigenvalue weighted by molar-refractivity contribution is -0.135. The number of hydrogen-bond donors (Lipinski definition) is 0. The van der Waals surface area contributed by atoms with Crippen LogP contribution in [-0.2, 0) is 16.1 Å². The average Bonchev–Trinajstić information content (AvgIpc) is 2.75. The molecule has 0 aliphatic carbocycles. The highest BCUT2D eigenvalue weighted by molar-refractivity contribution is 6.42. The zero-order chi connectivity index (χ0) is 14.0. The molecule has 0 bridgehead atoms. The molecule has 0 N–H and O–H groups in total. The highest BCUT2D eigenvalue weighted by atomic mass is 19.1. The van der Waals surface area contributed by atoms with Crippen LogP contribution in [0.15, 0.2) is 24.4 Å². The first-order valence-corrected chi connectivity index (χ1v) is 5.99. The summed E-state index contributed by atoms with van der Waals surface area (Å²) in [6, 6.07) is 4.20. The number of carbonyl (C=O) groups is 2. The van der Waals surface area contributed by atoms with Gasteiger partial charge in [0.2, 0.25) is 0 Å². The number of halogens is 1. The number of benzene rings is 1. The Morgan fingerprint density at radius 2 is 2.11 bits per heavy atom. The van der Waals surface area contributed by atoms with E-state index in [-0.39, 0.29) is 5.56 Å². The lowest BCUT2D eigenvalue weighted by Gasteiger charge is -2.01. The zero-order valence-electron chi connectivity index (χ0n) is 10.8. The van der Waals surface area contributed by atoms with Gasteiger partial charge in [0.1, 0.15) is 5.82 Å². The van der Waals surface area contributed by atoms with Crippen LogP contribution in [0.25, 0.3) is 10.9 Å². The fourth-order valence-electron chi connectivity index (χ4n) is 2.08. The van der Waals surface area contributed by atoms with Crippen molar-refractivity contribution in [2.75, 3.05) is 7.11 Å². The fraction of sp³-hybridized carbons (Fsp3) is 0.286. The number of ketones is 1. The van der Waals surface area contributed by atoms with Crippen LogP contribution in [0.3, 0.4) is 0 Å². The number of ether oxygens (including phenoxy) is 1. The summed E-state index contributed by atoms with van der Waals surface area (Å²) in [6.07, 6.45) is 2.44. The van der Waals surface area contributed by atoms with E-state index in [9.17, 15) is 14.0 Å². The van der Waals surface area contributed by atoms with Crippen molar-refractivity contribution in [1.82, 2.24) is 4.57 Å². The summed E-state index contributed by atoms with van der Waals surface area (Å²) in [5.41, 5.74) is 0.908. The molecule has 0 unspecified atom stereocenters. The number of fused-ring (bicyclic) bond motifs is 1. The van der Waals surface area contributed by atoms with Gasteiger partial charge in [0.15, 0.2) is 0 Å². The number of rotatable bonds is 4. The molecule has 0 saturated heterocycles. The maximum atomic E-state index is 13.3. The van der Waals surface area contributed by atoms with E-state index in [1.807, 2.05) is 11.5 Å². The van der Waals surface area contributed by atoms with Crippen molar-refractivity contribution in [3.63, 3.8) is 0 Å². The zero-order valence-corrected chi connectivity index (χ0v) is 10.8. The Kier molecular flexibility index (Phi) is 3.64. The molecule has 0 spiro atoms. The van der Waals surface area contributed by atoms with E-state index in [2.05, 4.69) is 4.74 Å². The lowest BCUT2D eigenvalue weighted by atomic mass is 10.1. The smallest absolute Gasteiger partial charge is 0.379 e. The van der Waals surface area contributed by atoms with Crippen molar-refractivity contribution in [3.05, 3.63) is 35.8 Å². The second kappa shape index (κ2) is 5.22. The summed E-state index contributed by atoms with van der Waals surface area (Å²) in [4.78, 5) is 23.2. The van der Waals surface area contributed by atoms with Gasteiger partial charge >= 0.3 is 5.97 Å². The van der Waals surface area contributed by atoms with E-state index in [0.29, 0.717) is 11.9 Å². The van der Waals surface area contributed by atoms with Gasteiger partial charge in [0, 0.05) is 23.6 Å². The van der Waals surface area contributed by atoms with E-state index in [1.54, 1.807) is 12.3 Å². The van der Waals surface area contributed by atoms with Crippen LogP contribution in [-0.4, -0.2) is 23.4 Å². The Morgan fingerprint density at radius 1 is 1.37 bits per heavy atom. The molecule has 2 rings (SSSR count). The van der Waals surface area contributed by atoms with Crippen LogP contribution in [0.5, 0.6) is 0 Å². The molecule has 0 atom stereocenters. The third kappa shape index (κ3) is 2.36. The van der Waals surface area contributed by atoms with Gasteiger partial charge in [0.25, 0.3) is 5.78 Å². The van der Waals surface area contributed by atoms with Gasteiger partial charge in [0.05, 0.1) is 12.7 Å². The Bertz CT molecular complexity index is 645. The molecule has 0 aliphatic rings. The molecule has 0 fully saturated rings. The molecule has 2 aromatic rings. The molecule has 0 radical (unpaired) electrons. The summed E-state index contributed by atoms with van der Waals surface area (Å²) < 4.78 is 19.6. The molecule has 0 amide bonds. The van der Waals surface area contributed by atoms with E-state index in [4.69, 9.17) is 0 Å². The van der Waals surface area contributed by atoms with E-state index >= 15 is 0 Å². The molecular weight excluding hydrogens is 249 g/mol. The molecule has 1 aromatic carbocycles. The first-order valence-electron chi connectivity index (χ1n) is 5.99. The second-order valence-electron chi connectivity index (χ2n) is 4.22. The van der Waals surface area contributed by atoms with Crippen LogP contribution < -0.4 is 0 Å². The predicted octanol–water partition coefficient (Wildman–Crippen LogP) is 2.55. The van der Waals surface area contributed by atoms with Crippen LogP contribution in [0.2, 0.25) is 0 Å². The highest BCUT2D eigenvalue weighted by Crippen LogP contribution is 2.23. The van der Waals surface area contributed by atoms with E-state index < -0.39 is 17.6 Å². The van der Waals surface area contributed by atoms with Crippen molar-refractivity contribution < 1.29 is 18.7 Å². The van der Waals surface area contributed by atoms with Crippen LogP contribution in [0.4, 0.5) is 4.39 Å². The third-order valence-electron chi connectivity index (χ3n) is 2.92. The molecule has 100 valence electrons. The molecule has 1 aromatic heterocycles. The number of aromatic nitrogens is 1. The van der Waals surface area contributed by atoms with Gasteiger partial charge in [-0.2, -0.15) is 0 Å². The summed E-state index contributed by atoms with van der Waals surface area (Å²) in [5.74, 6) is -2.14. The largest absolute Gasteiger partial charge is 0.463 e. The molecule has 0 saturated carbocycles. The topological polar surface area (TPSA) is 48.3 Å². The van der Waals surface area contributed by atoms with Crippen molar-refractivity contribution >= 4 is 22.7 Å². The normalized spacial score (nSPS) is 10.7. The molecule has 5 heteroatoms. The van der Waals surface area contributed by atoms with Gasteiger partial charge in [-0.25, -0.2) is 9.18 Å². The van der Waals surface area contributed by atoms with Gasteiger partial charge in [-0.1, -0.05) is 6.92 Å². The third-order valence-corrected chi connectivity index (χ3v) is 2.92. The van der Waals surface area contributed by atoms with Gasteiger partial charge < -0.3 is 9.30 Å². The van der Waals surface area contributed by atoms with Gasteiger partial charge in [-0.15, -0.1) is 0 Å². The van der Waals surface area contributed by atoms with Crippen molar-refractivity contribution in [1.29, 1.82) is 0 Å². The maximum absolute atomic E-state index is 13.3. The van der Waals surface area contributed by atoms with Crippen LogP contribution >= 0.6 is 0 Å². The molecule has 19 heavy (non-hydrogen) atoms. The summed E-state index contributed by atoms with van der Waals surface area (Å²) >= 11 is 0. The Labute approximate surface area is 109 Å². The van der Waals surface area contributed by atoms with Crippen LogP contribution in [0, 0.1) is 5.82 Å². The average molecular weight is 263 g/mol. The van der Waals surface area contributed by atoms with Crippen molar-refractivity contribution in [2.45, 2.75) is 19.9 Å². The monoisotopic (exact) mass is 263 g/mol.